The summed E-state index contributed by atoms with van der Waals surface area (Å²) in [4.78, 5) is 17.0. The van der Waals surface area contributed by atoms with E-state index in [9.17, 15) is 4.79 Å². The smallest absolute Gasteiger partial charge is 0.297 e. The largest absolute Gasteiger partial charge is 0.431 e. The second-order valence-electron chi connectivity index (χ2n) is 7.24. The van der Waals surface area contributed by atoms with Crippen molar-refractivity contribution in [2.24, 2.45) is 0 Å². The fraction of sp³-hybridized carbons (Fsp3) is 0.333. The van der Waals surface area contributed by atoms with Crippen molar-refractivity contribution in [3.05, 3.63) is 81.8 Å². The van der Waals surface area contributed by atoms with Gasteiger partial charge in [-0.2, -0.15) is 0 Å². The molecule has 1 saturated heterocycles. The van der Waals surface area contributed by atoms with Gasteiger partial charge in [0, 0.05) is 37.8 Å². The van der Waals surface area contributed by atoms with E-state index in [1.807, 2.05) is 37.3 Å². The van der Waals surface area contributed by atoms with Gasteiger partial charge in [-0.1, -0.05) is 48.0 Å². The van der Waals surface area contributed by atoms with Crippen LogP contribution in [0.4, 0.5) is 0 Å². The second kappa shape index (κ2) is 7.50. The third-order valence-corrected chi connectivity index (χ3v) is 5.32. The van der Waals surface area contributed by atoms with Gasteiger partial charge in [0.15, 0.2) is 0 Å². The zero-order valence-electron chi connectivity index (χ0n) is 15.8. The highest BCUT2D eigenvalue weighted by Gasteiger charge is 2.31. The van der Waals surface area contributed by atoms with E-state index in [-0.39, 0.29) is 5.63 Å². The van der Waals surface area contributed by atoms with Crippen LogP contribution in [-0.2, 0) is 6.54 Å². The van der Waals surface area contributed by atoms with E-state index in [1.54, 1.807) is 4.68 Å². The Morgan fingerprint density at radius 3 is 2.59 bits per heavy atom. The van der Waals surface area contributed by atoms with Gasteiger partial charge in [-0.3, -0.25) is 14.3 Å². The Bertz CT molecular complexity index is 946. The maximum absolute atomic E-state index is 12.3. The van der Waals surface area contributed by atoms with E-state index in [0.717, 1.165) is 25.3 Å². The number of aromatic amines is 1. The Morgan fingerprint density at radius 1 is 1.11 bits per heavy atom. The Labute approximate surface area is 158 Å². The van der Waals surface area contributed by atoms with Crippen LogP contribution in [0.3, 0.4) is 0 Å². The number of aromatic nitrogens is 2. The highest BCUT2D eigenvalue weighted by molar-refractivity contribution is 5.26. The van der Waals surface area contributed by atoms with Gasteiger partial charge in [0.05, 0.1) is 6.54 Å². The number of rotatable bonds is 4. The van der Waals surface area contributed by atoms with Crippen LogP contribution in [0.25, 0.3) is 5.69 Å². The Hall–Kier alpha value is -2.70. The number of hydrogen-bond acceptors (Lipinski definition) is 4. The zero-order valence-corrected chi connectivity index (χ0v) is 15.8. The average Bonchev–Trinajstić information content (AvgIpc) is 3.05. The molecule has 6 nitrogen and oxygen atoms in total. The van der Waals surface area contributed by atoms with E-state index in [1.165, 1.54) is 11.1 Å². The van der Waals surface area contributed by atoms with Crippen LogP contribution in [0.2, 0.25) is 0 Å². The SMILES string of the molecule is Cc1ccc(-[n+]2[nH]oc(=O)c2CN2CCN(C)C(c3ccccc3)C2)cc1. The highest BCUT2D eigenvalue weighted by atomic mass is 16.5. The lowest BCUT2D eigenvalue weighted by Crippen LogP contribution is -2.49. The maximum atomic E-state index is 12.3. The summed E-state index contributed by atoms with van der Waals surface area (Å²) in [6.45, 7) is 5.34. The number of benzene rings is 2. The molecule has 1 atom stereocenters. The molecule has 1 fully saturated rings. The molecule has 1 N–H and O–H groups in total. The molecular weight excluding hydrogens is 340 g/mol. The van der Waals surface area contributed by atoms with Gasteiger partial charge in [0.2, 0.25) is 5.69 Å². The van der Waals surface area contributed by atoms with Crippen LogP contribution in [-0.4, -0.2) is 41.8 Å². The van der Waals surface area contributed by atoms with E-state index in [4.69, 9.17) is 4.52 Å². The summed E-state index contributed by atoms with van der Waals surface area (Å²) in [5, 5.41) is 2.74. The number of hydrogen-bond donors (Lipinski definition) is 1. The monoisotopic (exact) mass is 365 g/mol. The highest BCUT2D eigenvalue weighted by Crippen LogP contribution is 2.24. The van der Waals surface area contributed by atoms with E-state index >= 15 is 0 Å². The molecule has 0 aliphatic carbocycles. The molecule has 0 radical (unpaired) electrons. The van der Waals surface area contributed by atoms with Gasteiger partial charge in [-0.15, -0.1) is 0 Å². The minimum atomic E-state index is -0.314. The molecule has 4 rings (SSSR count). The number of aryl methyl sites for hydroxylation is 1. The average molecular weight is 365 g/mol. The van der Waals surface area contributed by atoms with Crippen molar-refractivity contribution in [1.29, 1.82) is 0 Å². The van der Waals surface area contributed by atoms with Gasteiger partial charge < -0.3 is 0 Å². The minimum Gasteiger partial charge on any atom is -0.297 e. The molecule has 140 valence electrons. The first-order valence-corrected chi connectivity index (χ1v) is 9.29. The van der Waals surface area contributed by atoms with E-state index in [2.05, 4.69) is 46.4 Å². The van der Waals surface area contributed by atoms with Crippen molar-refractivity contribution < 1.29 is 9.20 Å². The van der Waals surface area contributed by atoms with Crippen LogP contribution in [0.1, 0.15) is 22.9 Å². The van der Waals surface area contributed by atoms with Gasteiger partial charge in [-0.25, -0.2) is 4.79 Å². The van der Waals surface area contributed by atoms with Gasteiger partial charge >= 0.3 is 11.3 Å². The summed E-state index contributed by atoms with van der Waals surface area (Å²) < 4.78 is 6.85. The molecule has 3 aromatic rings. The van der Waals surface area contributed by atoms with Gasteiger partial charge in [0.25, 0.3) is 0 Å². The molecule has 0 amide bonds. The summed E-state index contributed by atoms with van der Waals surface area (Å²) in [6.07, 6.45) is 0. The van der Waals surface area contributed by atoms with Crippen LogP contribution < -0.4 is 10.3 Å². The summed E-state index contributed by atoms with van der Waals surface area (Å²) in [5.74, 6) is 0. The molecule has 6 heteroatoms. The molecule has 2 heterocycles. The summed E-state index contributed by atoms with van der Waals surface area (Å²) in [6, 6.07) is 18.9. The lowest BCUT2D eigenvalue weighted by molar-refractivity contribution is -0.678. The molecule has 0 saturated carbocycles. The lowest BCUT2D eigenvalue weighted by atomic mass is 10.0. The molecular formula is C21H25N4O2+. The number of H-pyrrole nitrogens is 1. The van der Waals surface area contributed by atoms with Crippen LogP contribution >= 0.6 is 0 Å². The number of piperazine rings is 1. The Balaban J connectivity index is 1.57. The van der Waals surface area contributed by atoms with Crippen LogP contribution in [0.15, 0.2) is 63.9 Å². The predicted octanol–water partition coefficient (Wildman–Crippen LogP) is 2.04. The molecule has 0 bridgehead atoms. The number of nitrogens with zero attached hydrogens (tertiary/aromatic N) is 3. The topological polar surface area (TPSA) is 56.4 Å². The van der Waals surface area contributed by atoms with Crippen molar-refractivity contribution in [3.8, 4) is 5.69 Å². The van der Waals surface area contributed by atoms with Crippen molar-refractivity contribution in [2.45, 2.75) is 19.5 Å². The second-order valence-corrected chi connectivity index (χ2v) is 7.24. The normalized spacial score (nSPS) is 18.7. The number of likely N-dealkylation sites (N-methyl/N-ethyl adjacent to an activating group) is 1. The predicted molar refractivity (Wildman–Crippen MR) is 103 cm³/mol. The molecule has 27 heavy (non-hydrogen) atoms. The fourth-order valence-electron chi connectivity index (χ4n) is 3.65. The summed E-state index contributed by atoms with van der Waals surface area (Å²) in [7, 11) is 2.16. The third kappa shape index (κ3) is 3.72. The van der Waals surface area contributed by atoms with E-state index in [0.29, 0.717) is 18.3 Å². The summed E-state index contributed by atoms with van der Waals surface area (Å²) in [5.41, 5.74) is 3.69. The zero-order chi connectivity index (χ0) is 18.8. The van der Waals surface area contributed by atoms with Gasteiger partial charge in [-0.05, 0) is 29.5 Å². The molecule has 1 aliphatic heterocycles. The Kier molecular flexibility index (Phi) is 4.92. The van der Waals surface area contributed by atoms with Crippen molar-refractivity contribution in [1.82, 2.24) is 15.1 Å². The third-order valence-electron chi connectivity index (χ3n) is 5.32. The van der Waals surface area contributed by atoms with Crippen LogP contribution in [0, 0.1) is 6.92 Å². The first-order valence-electron chi connectivity index (χ1n) is 9.29. The van der Waals surface area contributed by atoms with Gasteiger partial charge in [0.1, 0.15) is 0 Å². The quantitative estimate of drug-likeness (QED) is 0.719. The lowest BCUT2D eigenvalue weighted by Gasteiger charge is -2.39. The van der Waals surface area contributed by atoms with E-state index < -0.39 is 0 Å². The molecule has 2 aromatic carbocycles. The molecule has 1 aromatic heterocycles. The number of nitrogens with one attached hydrogen (secondary N) is 1. The Morgan fingerprint density at radius 2 is 1.85 bits per heavy atom. The first kappa shape index (κ1) is 17.7. The molecule has 1 unspecified atom stereocenters. The summed E-state index contributed by atoms with van der Waals surface area (Å²) >= 11 is 0. The minimum absolute atomic E-state index is 0.314. The van der Waals surface area contributed by atoms with Crippen molar-refractivity contribution in [2.75, 3.05) is 26.7 Å². The van der Waals surface area contributed by atoms with Crippen molar-refractivity contribution in [3.63, 3.8) is 0 Å². The van der Waals surface area contributed by atoms with Crippen molar-refractivity contribution >= 4 is 0 Å². The molecule has 1 aliphatic rings. The fourth-order valence-corrected chi connectivity index (χ4v) is 3.65. The maximum Gasteiger partial charge on any atom is 0.431 e. The first-order chi connectivity index (χ1) is 13.1. The standard InChI is InChI=1S/C21H24N4O2/c1-16-8-10-18(11-9-16)25-20(21(26)27-22-25)15-24-13-12-23(2)19(14-24)17-6-4-3-5-7-17/h3-11,19H,12-15H2,1-2H3/p+1. The molecule has 0 spiro atoms. The van der Waals surface area contributed by atoms with Crippen LogP contribution in [0.5, 0.6) is 0 Å².